The molecule has 0 spiro atoms. The first-order chi connectivity index (χ1) is 46.0. The maximum Gasteiger partial charge on any atom is 0.338 e. The number of carbonyl (C=O) groups is 9. The van der Waals surface area contributed by atoms with E-state index in [-0.39, 0.29) is 50.1 Å². The molecule has 0 bridgehead atoms. The van der Waals surface area contributed by atoms with Gasteiger partial charge in [0.15, 0.2) is 27.2 Å². The molecule has 15 atom stereocenters. The number of nitrogens with zero attached hydrogens (tertiary/aromatic N) is 3. The van der Waals surface area contributed by atoms with Crippen molar-refractivity contribution in [3.63, 3.8) is 0 Å². The van der Waals surface area contributed by atoms with E-state index in [0.29, 0.717) is 0 Å². The fourth-order valence-electron chi connectivity index (χ4n) is 13.5. The lowest BCUT2D eigenvalue weighted by atomic mass is 9.84. The average molecular weight is 1330 g/mol. The number of hydrogen-bond acceptors (Lipinski definition) is 19. The Balaban J connectivity index is 0.980. The summed E-state index contributed by atoms with van der Waals surface area (Å²) in [5.41, 5.74) is 1.24. The van der Waals surface area contributed by atoms with Crippen molar-refractivity contribution in [3.05, 3.63) is 214 Å². The third-order valence-electron chi connectivity index (χ3n) is 19.6. The highest BCUT2D eigenvalue weighted by atomic mass is 28.4. The van der Waals surface area contributed by atoms with E-state index in [2.05, 4.69) is 20.8 Å². The van der Waals surface area contributed by atoms with Crippen LogP contribution in [0.4, 0.5) is 0 Å². The zero-order valence-electron chi connectivity index (χ0n) is 54.5. The Kier molecular flexibility index (Phi) is 19.1. The maximum atomic E-state index is 15.3. The van der Waals surface area contributed by atoms with Crippen LogP contribution >= 0.6 is 0 Å². The van der Waals surface area contributed by atoms with Gasteiger partial charge in [0, 0.05) is 24.9 Å². The number of benzene rings is 6. The van der Waals surface area contributed by atoms with Crippen LogP contribution in [-0.4, -0.2) is 177 Å². The summed E-state index contributed by atoms with van der Waals surface area (Å²) in [6.45, 7) is 13.8. The van der Waals surface area contributed by atoms with Gasteiger partial charge in [0.05, 0.1) is 86.5 Å². The SMILES string of the molecule is CO[C@H]1OC(COC(=O)c2ccccc2)[C@H](OC2OC(COC(=O)c3ccccc3)C(O[C@H]3OC(COC(=O)c4ccccc4)[C@H](O[Si](C)(C)C(C)(C)C)C(C)[C@H]3N3C(=O)c4ccccc4C3=O)[C@H](C)[C@@H]2N2C(=O)c3ccccc3C2=O)C(C)[C@H]1N1C(=O)c2ccccc2C1=O. The molecule has 6 aromatic rings. The van der Waals surface area contributed by atoms with Gasteiger partial charge in [-0.15, -0.1) is 0 Å². The monoisotopic (exact) mass is 1330 g/mol. The first kappa shape index (κ1) is 67.1. The number of imide groups is 3. The van der Waals surface area contributed by atoms with Crippen LogP contribution in [0.2, 0.25) is 18.1 Å². The van der Waals surface area contributed by atoms with E-state index in [9.17, 15) is 24.0 Å². The molecule has 7 unspecified atom stereocenters. The fraction of sp³-hybridized carbons (Fsp3) is 0.384. The molecule has 0 N–H and O–H groups in total. The molecule has 0 aromatic heterocycles. The Labute approximate surface area is 556 Å². The Morgan fingerprint density at radius 3 is 0.927 bits per heavy atom. The molecule has 3 fully saturated rings. The summed E-state index contributed by atoms with van der Waals surface area (Å²) in [7, 11) is -1.51. The van der Waals surface area contributed by atoms with Gasteiger partial charge in [-0.1, -0.05) is 133 Å². The molecule has 0 saturated carbocycles. The second-order valence-corrected chi connectivity index (χ2v) is 31.2. The van der Waals surface area contributed by atoms with Crippen LogP contribution in [0.5, 0.6) is 0 Å². The molecule has 6 heterocycles. The van der Waals surface area contributed by atoms with E-state index < -0.39 is 178 Å². The molecule has 6 aliphatic heterocycles. The molecule has 23 heteroatoms. The molecule has 6 aliphatic rings. The van der Waals surface area contributed by atoms with Gasteiger partial charge in [0.2, 0.25) is 0 Å². The smallest absolute Gasteiger partial charge is 0.338 e. The summed E-state index contributed by atoms with van der Waals surface area (Å²) in [5.74, 6) is -9.38. The number of carbonyl (C=O) groups excluding carboxylic acids is 9. The van der Waals surface area contributed by atoms with E-state index in [1.807, 2.05) is 13.1 Å². The molecule has 96 heavy (non-hydrogen) atoms. The van der Waals surface area contributed by atoms with Crippen molar-refractivity contribution < 1.29 is 90.2 Å². The van der Waals surface area contributed by atoms with Gasteiger partial charge < -0.3 is 47.1 Å². The Bertz CT molecular complexity index is 3870. The zero-order chi connectivity index (χ0) is 68.1. The number of methoxy groups -OCH3 is 1. The molecule has 22 nitrogen and oxygen atoms in total. The van der Waals surface area contributed by atoms with Gasteiger partial charge in [-0.3, -0.25) is 43.5 Å². The Morgan fingerprint density at radius 2 is 0.646 bits per heavy atom. The minimum Gasteiger partial charge on any atom is -0.459 e. The number of amides is 6. The van der Waals surface area contributed by atoms with Gasteiger partial charge >= 0.3 is 17.9 Å². The number of esters is 3. The van der Waals surface area contributed by atoms with Crippen LogP contribution in [0.15, 0.2) is 164 Å². The second kappa shape index (κ2) is 27.3. The molecule has 500 valence electrons. The second-order valence-electron chi connectivity index (χ2n) is 26.4. The summed E-state index contributed by atoms with van der Waals surface area (Å²) in [4.78, 5) is 135. The lowest BCUT2D eigenvalue weighted by Crippen LogP contribution is -2.69. The Hall–Kier alpha value is -8.91. The highest BCUT2D eigenvalue weighted by Gasteiger charge is 2.61. The molecular formula is C73H75N3O19Si. The number of rotatable bonds is 19. The summed E-state index contributed by atoms with van der Waals surface area (Å²) in [6, 6.07) is 39.5. The van der Waals surface area contributed by atoms with Crippen LogP contribution in [0.3, 0.4) is 0 Å². The van der Waals surface area contributed by atoms with Crippen molar-refractivity contribution in [1.29, 1.82) is 0 Å². The van der Waals surface area contributed by atoms with Crippen LogP contribution in [0.25, 0.3) is 0 Å². The first-order valence-electron chi connectivity index (χ1n) is 32.0. The van der Waals surface area contributed by atoms with E-state index >= 15 is 19.2 Å². The largest absolute Gasteiger partial charge is 0.459 e. The lowest BCUT2D eigenvalue weighted by molar-refractivity contribution is -0.348. The fourth-order valence-corrected chi connectivity index (χ4v) is 14.9. The molecule has 0 aliphatic carbocycles. The minimum absolute atomic E-state index is 0.0503. The van der Waals surface area contributed by atoms with E-state index in [1.165, 1.54) is 31.4 Å². The molecule has 12 rings (SSSR count). The van der Waals surface area contributed by atoms with Gasteiger partial charge in [-0.25, -0.2) is 14.4 Å². The standard InChI is InChI=1S/C73H75N3O19Si/c1-40-55(74-61(77)46-31-19-20-32-47(46)62(74)78)70(86-7)90-52(37-87-67(83)43-25-13-10-14-26-43)58(40)93-71-56(75-63(79)48-33-21-22-34-49(48)64(75)80)41(2)59(53(91-71)38-88-68(84)44-27-15-11-16-28-44)94-72-57(76-65(81)50-35-23-24-36-51(50)66(76)82)42(3)60(95-96(8,9)73(4,5)6)54(92-72)39-89-69(85)45-29-17-12-18-30-45/h10-36,40-42,52-60,70-72H,37-39H2,1-9H3/t40?,41-,42?,52?,53?,54?,55-,56+,57-,58-,59?,60-,70+,71?,72-/m1/s1. The molecule has 6 amide bonds. The van der Waals surface area contributed by atoms with Gasteiger partial charge in [0.25, 0.3) is 35.4 Å². The van der Waals surface area contributed by atoms with E-state index in [0.717, 1.165) is 14.7 Å². The summed E-state index contributed by atoms with van der Waals surface area (Å²) >= 11 is 0. The minimum atomic E-state index is -2.84. The van der Waals surface area contributed by atoms with Gasteiger partial charge in [-0.2, -0.15) is 0 Å². The third kappa shape index (κ3) is 12.5. The Morgan fingerprint density at radius 1 is 0.396 bits per heavy atom. The van der Waals surface area contributed by atoms with Crippen LogP contribution in [-0.2, 0) is 47.1 Å². The number of ether oxygens (including phenoxy) is 9. The first-order valence-corrected chi connectivity index (χ1v) is 35.0. The van der Waals surface area contributed by atoms with Crippen molar-refractivity contribution >= 4 is 61.7 Å². The molecule has 0 radical (unpaired) electrons. The number of hydrogen-bond donors (Lipinski definition) is 0. The van der Waals surface area contributed by atoms with E-state index in [1.54, 1.807) is 160 Å². The van der Waals surface area contributed by atoms with Crippen LogP contribution in [0.1, 0.15) is 135 Å². The van der Waals surface area contributed by atoms with Gasteiger partial charge in [-0.05, 0) is 90.9 Å². The molecule has 3 saturated heterocycles. The maximum absolute atomic E-state index is 15.3. The topological polar surface area (TPSA) is 256 Å². The summed E-state index contributed by atoms with van der Waals surface area (Å²) in [5, 5.41) is -0.400. The molecular weight excluding hydrogens is 1250 g/mol. The summed E-state index contributed by atoms with van der Waals surface area (Å²) < 4.78 is 67.1. The predicted octanol–water partition coefficient (Wildman–Crippen LogP) is 9.44. The van der Waals surface area contributed by atoms with Crippen molar-refractivity contribution in [2.75, 3.05) is 26.9 Å². The van der Waals surface area contributed by atoms with Crippen molar-refractivity contribution in [3.8, 4) is 0 Å². The molecule has 6 aromatic carbocycles. The third-order valence-corrected chi connectivity index (χ3v) is 24.1. The van der Waals surface area contributed by atoms with Crippen LogP contribution in [0, 0.1) is 17.8 Å². The lowest BCUT2D eigenvalue weighted by Gasteiger charge is -2.54. The van der Waals surface area contributed by atoms with Crippen molar-refractivity contribution in [2.24, 2.45) is 17.8 Å². The number of fused-ring (bicyclic) bond motifs is 3. The van der Waals surface area contributed by atoms with E-state index in [4.69, 9.17) is 47.1 Å². The summed E-state index contributed by atoms with van der Waals surface area (Å²) in [6.07, 6.45) is -12.6. The predicted molar refractivity (Wildman–Crippen MR) is 345 cm³/mol. The highest BCUT2D eigenvalue weighted by Crippen LogP contribution is 2.47. The van der Waals surface area contributed by atoms with Gasteiger partial charge in [0.1, 0.15) is 38.1 Å². The quantitative estimate of drug-likeness (QED) is 0.0316. The van der Waals surface area contributed by atoms with Crippen molar-refractivity contribution in [1.82, 2.24) is 14.7 Å². The highest BCUT2D eigenvalue weighted by molar-refractivity contribution is 6.74. The van der Waals surface area contributed by atoms with Crippen LogP contribution < -0.4 is 0 Å². The average Bonchev–Trinajstić information content (AvgIpc) is 1.50. The van der Waals surface area contributed by atoms with Crippen molar-refractivity contribution in [2.45, 2.75) is 133 Å². The zero-order valence-corrected chi connectivity index (χ0v) is 55.5. The normalized spacial score (nSPS) is 28.1.